The van der Waals surface area contributed by atoms with Gasteiger partial charge in [0.05, 0.1) is 0 Å². The van der Waals surface area contributed by atoms with Crippen LogP contribution in [0.15, 0.2) is 30.3 Å². The van der Waals surface area contributed by atoms with Crippen molar-refractivity contribution in [1.82, 2.24) is 14.6 Å². The zero-order valence-corrected chi connectivity index (χ0v) is 15.8. The van der Waals surface area contributed by atoms with Crippen molar-refractivity contribution < 1.29 is 4.79 Å². The molecule has 0 spiro atoms. The van der Waals surface area contributed by atoms with Crippen LogP contribution in [0.2, 0.25) is 0 Å². The number of carbonyl (C=O) groups excluding carboxylic acids is 1. The van der Waals surface area contributed by atoms with Crippen molar-refractivity contribution in [3.63, 3.8) is 0 Å². The molecule has 0 unspecified atom stereocenters. The summed E-state index contributed by atoms with van der Waals surface area (Å²) in [5, 5.41) is 8.80. The van der Waals surface area contributed by atoms with Crippen LogP contribution in [0.3, 0.4) is 0 Å². The Kier molecular flexibility index (Phi) is 4.88. The maximum atomic E-state index is 12.3. The minimum atomic E-state index is -0.000923. The molecule has 136 valence electrons. The summed E-state index contributed by atoms with van der Waals surface area (Å²) in [6.45, 7) is 4.08. The first-order valence-electron chi connectivity index (χ1n) is 9.26. The van der Waals surface area contributed by atoms with Gasteiger partial charge in [-0.3, -0.25) is 4.79 Å². The molecule has 1 saturated heterocycles. The molecule has 0 aliphatic carbocycles. The molecular formula is C19H23N5OS. The maximum absolute atomic E-state index is 12.3. The molecule has 4 rings (SSSR count). The first-order valence-corrected chi connectivity index (χ1v) is 10.1. The van der Waals surface area contributed by atoms with Gasteiger partial charge in [-0.05, 0) is 25.7 Å². The van der Waals surface area contributed by atoms with E-state index in [-0.39, 0.29) is 5.91 Å². The molecule has 0 radical (unpaired) electrons. The van der Waals surface area contributed by atoms with Crippen molar-refractivity contribution in [2.24, 2.45) is 0 Å². The Morgan fingerprint density at radius 3 is 2.69 bits per heavy atom. The third-order valence-electron chi connectivity index (χ3n) is 4.60. The molecule has 0 saturated carbocycles. The highest BCUT2D eigenvalue weighted by Crippen LogP contribution is 2.34. The highest BCUT2D eigenvalue weighted by Gasteiger charge is 2.22. The second-order valence-corrected chi connectivity index (χ2v) is 7.53. The molecule has 7 heteroatoms. The summed E-state index contributed by atoms with van der Waals surface area (Å²) >= 11 is 1.59. The Balaban J connectivity index is 1.75. The van der Waals surface area contributed by atoms with Gasteiger partial charge in [-0.1, -0.05) is 48.6 Å². The van der Waals surface area contributed by atoms with Gasteiger partial charge >= 0.3 is 0 Å². The quantitative estimate of drug-likeness (QED) is 0.733. The van der Waals surface area contributed by atoms with Crippen molar-refractivity contribution in [1.29, 1.82) is 0 Å². The highest BCUT2D eigenvalue weighted by atomic mass is 32.1. The van der Waals surface area contributed by atoms with Gasteiger partial charge in [-0.25, -0.2) is 4.98 Å². The summed E-state index contributed by atoms with van der Waals surface area (Å²) in [5.74, 6) is 0.670. The number of piperidine rings is 1. The van der Waals surface area contributed by atoms with Crippen molar-refractivity contribution in [3.05, 3.63) is 30.3 Å². The monoisotopic (exact) mass is 369 g/mol. The van der Waals surface area contributed by atoms with E-state index in [2.05, 4.69) is 10.2 Å². The van der Waals surface area contributed by atoms with E-state index in [1.54, 1.807) is 15.9 Å². The summed E-state index contributed by atoms with van der Waals surface area (Å²) in [7, 11) is 0. The molecule has 3 aromatic rings. The summed E-state index contributed by atoms with van der Waals surface area (Å²) in [6.07, 6.45) is 5.00. The number of rotatable bonds is 5. The SMILES string of the molecule is CCCC(=O)Nc1c(-c2ccccc2)nc2sc(N3CCCCC3)nn12. The van der Waals surface area contributed by atoms with Crippen LogP contribution in [0, 0.1) is 0 Å². The molecule has 1 N–H and O–H groups in total. The van der Waals surface area contributed by atoms with Crippen LogP contribution < -0.4 is 10.2 Å². The molecule has 3 heterocycles. The van der Waals surface area contributed by atoms with Crippen molar-refractivity contribution >= 4 is 33.2 Å². The summed E-state index contributed by atoms with van der Waals surface area (Å²) in [5.41, 5.74) is 1.76. The molecular weight excluding hydrogens is 346 g/mol. The third-order valence-corrected chi connectivity index (χ3v) is 5.57. The van der Waals surface area contributed by atoms with Crippen LogP contribution in [0.1, 0.15) is 39.0 Å². The lowest BCUT2D eigenvalue weighted by Gasteiger charge is -2.25. The highest BCUT2D eigenvalue weighted by molar-refractivity contribution is 7.20. The van der Waals surface area contributed by atoms with Crippen LogP contribution in [0.4, 0.5) is 10.9 Å². The molecule has 1 amide bonds. The summed E-state index contributed by atoms with van der Waals surface area (Å²) < 4.78 is 1.80. The topological polar surface area (TPSA) is 62.5 Å². The minimum Gasteiger partial charge on any atom is -0.347 e. The Morgan fingerprint density at radius 1 is 1.19 bits per heavy atom. The number of amides is 1. The van der Waals surface area contributed by atoms with E-state index in [0.717, 1.165) is 40.9 Å². The zero-order valence-electron chi connectivity index (χ0n) is 14.9. The molecule has 1 fully saturated rings. The molecule has 1 aliphatic heterocycles. The van der Waals surface area contributed by atoms with E-state index in [4.69, 9.17) is 10.1 Å². The predicted molar refractivity (Wildman–Crippen MR) is 106 cm³/mol. The van der Waals surface area contributed by atoms with Gasteiger partial charge in [0.2, 0.25) is 16.0 Å². The standard InChI is InChI=1S/C19H23N5OS/c1-2-9-15(25)20-17-16(14-10-5-3-6-11-14)21-18-24(17)22-19(26-18)23-12-7-4-8-13-23/h3,5-6,10-11H,2,4,7-9,12-13H2,1H3,(H,20,25). The fourth-order valence-electron chi connectivity index (χ4n) is 3.28. The normalized spacial score (nSPS) is 14.7. The van der Waals surface area contributed by atoms with E-state index < -0.39 is 0 Å². The van der Waals surface area contributed by atoms with Crippen LogP contribution in [0.5, 0.6) is 0 Å². The van der Waals surface area contributed by atoms with Crippen molar-refractivity contribution in [2.75, 3.05) is 23.3 Å². The predicted octanol–water partition coefficient (Wildman–Crippen LogP) is 4.19. The van der Waals surface area contributed by atoms with Crippen LogP contribution in [0.25, 0.3) is 16.2 Å². The molecule has 2 aromatic heterocycles. The van der Waals surface area contributed by atoms with Gasteiger partial charge in [-0.15, -0.1) is 5.10 Å². The Bertz CT molecular complexity index is 895. The van der Waals surface area contributed by atoms with Crippen LogP contribution in [-0.2, 0) is 4.79 Å². The largest absolute Gasteiger partial charge is 0.347 e. The lowest BCUT2D eigenvalue weighted by molar-refractivity contribution is -0.116. The Labute approximate surface area is 156 Å². The Hall–Kier alpha value is -2.41. The van der Waals surface area contributed by atoms with E-state index in [1.807, 2.05) is 37.3 Å². The van der Waals surface area contributed by atoms with Gasteiger partial charge in [0, 0.05) is 25.1 Å². The number of nitrogens with one attached hydrogen (secondary N) is 1. The van der Waals surface area contributed by atoms with E-state index >= 15 is 0 Å². The van der Waals surface area contributed by atoms with Gasteiger partial charge in [0.25, 0.3) is 0 Å². The lowest BCUT2D eigenvalue weighted by atomic mass is 10.1. The molecule has 1 aliphatic rings. The van der Waals surface area contributed by atoms with Gasteiger partial charge in [0.15, 0.2) is 5.82 Å². The lowest BCUT2D eigenvalue weighted by Crippen LogP contribution is -2.29. The fraction of sp³-hybridized carbons (Fsp3) is 0.421. The second kappa shape index (κ2) is 7.45. The number of nitrogens with zero attached hydrogens (tertiary/aromatic N) is 4. The molecule has 6 nitrogen and oxygen atoms in total. The average molecular weight is 369 g/mol. The summed E-state index contributed by atoms with van der Waals surface area (Å²) in [6, 6.07) is 9.95. The van der Waals surface area contributed by atoms with E-state index in [9.17, 15) is 4.79 Å². The number of hydrogen-bond acceptors (Lipinski definition) is 5. The second-order valence-electron chi connectivity index (χ2n) is 6.60. The number of benzene rings is 1. The molecule has 0 bridgehead atoms. The number of hydrogen-bond donors (Lipinski definition) is 1. The molecule has 1 aromatic carbocycles. The first kappa shape index (κ1) is 17.0. The number of carbonyl (C=O) groups is 1. The first-order chi connectivity index (χ1) is 12.8. The van der Waals surface area contributed by atoms with Crippen LogP contribution >= 0.6 is 11.3 Å². The van der Waals surface area contributed by atoms with Gasteiger partial charge in [0.1, 0.15) is 5.69 Å². The van der Waals surface area contributed by atoms with Gasteiger partial charge in [-0.2, -0.15) is 4.52 Å². The maximum Gasteiger partial charge on any atom is 0.225 e. The van der Waals surface area contributed by atoms with Gasteiger partial charge < -0.3 is 10.2 Å². The number of anilines is 2. The van der Waals surface area contributed by atoms with E-state index in [1.165, 1.54) is 19.3 Å². The number of aromatic nitrogens is 3. The molecule has 0 atom stereocenters. The smallest absolute Gasteiger partial charge is 0.225 e. The van der Waals surface area contributed by atoms with Crippen molar-refractivity contribution in [3.8, 4) is 11.3 Å². The zero-order chi connectivity index (χ0) is 17.9. The molecule has 26 heavy (non-hydrogen) atoms. The number of imidazole rings is 1. The van der Waals surface area contributed by atoms with Crippen LogP contribution in [-0.4, -0.2) is 33.6 Å². The van der Waals surface area contributed by atoms with E-state index in [0.29, 0.717) is 12.2 Å². The number of fused-ring (bicyclic) bond motifs is 1. The fourth-order valence-corrected chi connectivity index (χ4v) is 4.24. The Morgan fingerprint density at radius 2 is 1.96 bits per heavy atom. The summed E-state index contributed by atoms with van der Waals surface area (Å²) in [4.78, 5) is 20.2. The van der Waals surface area contributed by atoms with Crippen molar-refractivity contribution in [2.45, 2.75) is 39.0 Å². The third kappa shape index (κ3) is 3.31. The minimum absolute atomic E-state index is 0.000923. The average Bonchev–Trinajstić information content (AvgIpc) is 3.23.